The Hall–Kier alpha value is -1.43. The van der Waals surface area contributed by atoms with Crippen molar-refractivity contribution in [1.29, 1.82) is 0 Å². The van der Waals surface area contributed by atoms with Gasteiger partial charge in [0.1, 0.15) is 6.10 Å². The summed E-state index contributed by atoms with van der Waals surface area (Å²) >= 11 is 0. The number of carbonyl (C=O) groups is 1. The molecule has 1 aromatic rings. The molecule has 1 aliphatic heterocycles. The van der Waals surface area contributed by atoms with Gasteiger partial charge in [-0.05, 0) is 32.4 Å². The van der Waals surface area contributed by atoms with Crippen molar-refractivity contribution in [1.82, 2.24) is 10.4 Å². The summed E-state index contributed by atoms with van der Waals surface area (Å²) < 4.78 is 0. The number of nitrogens with one attached hydrogen (secondary N) is 1. The Balaban J connectivity index is 1.86. The van der Waals surface area contributed by atoms with E-state index in [4.69, 9.17) is 0 Å². The monoisotopic (exact) mass is 262 g/mol. The normalized spacial score (nSPS) is 32.9. The van der Waals surface area contributed by atoms with Crippen LogP contribution in [0, 0.1) is 13.8 Å². The van der Waals surface area contributed by atoms with Gasteiger partial charge in [0.25, 0.3) is 5.91 Å². The molecule has 3 N–H and O–H groups in total. The molecule has 1 heterocycles. The van der Waals surface area contributed by atoms with Crippen LogP contribution in [0.1, 0.15) is 27.9 Å². The average Bonchev–Trinajstić information content (AvgIpc) is 2.88. The molecule has 0 spiro atoms. The number of fused-ring (bicyclic) bond motifs is 2. The summed E-state index contributed by atoms with van der Waals surface area (Å²) in [7, 11) is 0. The zero-order valence-electron chi connectivity index (χ0n) is 11.0. The van der Waals surface area contributed by atoms with Crippen molar-refractivity contribution in [3.63, 3.8) is 0 Å². The Morgan fingerprint density at radius 1 is 1.21 bits per heavy atom. The van der Waals surface area contributed by atoms with Crippen molar-refractivity contribution in [3.05, 3.63) is 34.9 Å². The van der Waals surface area contributed by atoms with Crippen LogP contribution in [0.25, 0.3) is 0 Å². The van der Waals surface area contributed by atoms with E-state index in [0.29, 0.717) is 12.0 Å². The van der Waals surface area contributed by atoms with E-state index in [9.17, 15) is 15.0 Å². The molecule has 2 bridgehead atoms. The summed E-state index contributed by atoms with van der Waals surface area (Å²) in [4.78, 5) is 12.5. The first-order valence-corrected chi connectivity index (χ1v) is 6.51. The molecule has 0 unspecified atom stereocenters. The summed E-state index contributed by atoms with van der Waals surface area (Å²) in [6.07, 6.45) is -1.05. The molecule has 2 fully saturated rings. The summed E-state index contributed by atoms with van der Waals surface area (Å²) in [6, 6.07) is 5.12. The molecule has 0 aromatic heterocycles. The largest absolute Gasteiger partial charge is 0.389 e. The van der Waals surface area contributed by atoms with Crippen LogP contribution in [-0.4, -0.2) is 45.4 Å². The molecule has 1 aromatic carbocycles. The zero-order valence-corrected chi connectivity index (χ0v) is 11.0. The lowest BCUT2D eigenvalue weighted by Crippen LogP contribution is -2.58. The lowest BCUT2D eigenvalue weighted by molar-refractivity contribution is -0.0482. The van der Waals surface area contributed by atoms with Crippen LogP contribution < -0.4 is 5.43 Å². The molecule has 3 rings (SSSR count). The maximum absolute atomic E-state index is 12.5. The van der Waals surface area contributed by atoms with Gasteiger partial charge in [0, 0.05) is 5.56 Å². The van der Waals surface area contributed by atoms with E-state index >= 15 is 0 Å². The van der Waals surface area contributed by atoms with Gasteiger partial charge in [-0.2, -0.15) is 0 Å². The van der Waals surface area contributed by atoms with Gasteiger partial charge in [-0.1, -0.05) is 17.2 Å². The minimum absolute atomic E-state index is 0.148. The molecule has 1 amide bonds. The van der Waals surface area contributed by atoms with Crippen molar-refractivity contribution < 1.29 is 15.0 Å². The second-order valence-electron chi connectivity index (χ2n) is 5.57. The van der Waals surface area contributed by atoms with E-state index < -0.39 is 12.2 Å². The smallest absolute Gasteiger partial charge is 0.268 e. The third-order valence-electron chi connectivity index (χ3n) is 3.98. The second kappa shape index (κ2) is 4.30. The van der Waals surface area contributed by atoms with Crippen molar-refractivity contribution in [3.8, 4) is 0 Å². The number of aliphatic hydroxyl groups excluding tert-OH is 2. The van der Waals surface area contributed by atoms with E-state index in [1.807, 2.05) is 32.0 Å². The van der Waals surface area contributed by atoms with Gasteiger partial charge < -0.3 is 10.2 Å². The molecular weight excluding hydrogens is 244 g/mol. The number of hydrazine groups is 1. The molecule has 1 saturated heterocycles. The van der Waals surface area contributed by atoms with E-state index in [1.54, 1.807) is 0 Å². The summed E-state index contributed by atoms with van der Waals surface area (Å²) in [5.74, 6) is -0.148. The highest BCUT2D eigenvalue weighted by Crippen LogP contribution is 2.32. The lowest BCUT2D eigenvalue weighted by atomic mass is 10.1. The number of nitrogens with zero attached hydrogens (tertiary/aromatic N) is 1. The second-order valence-corrected chi connectivity index (χ2v) is 5.57. The first kappa shape index (κ1) is 12.6. The van der Waals surface area contributed by atoms with Gasteiger partial charge in [-0.25, -0.2) is 5.43 Å². The third kappa shape index (κ3) is 1.94. The SMILES string of the molecule is Cc1cc(C)cc(C(=O)N2N[C@@H]3C[C@H]2[C@@H](O)[C@H]3O)c1. The number of aliphatic hydroxyl groups is 2. The van der Waals surface area contributed by atoms with E-state index in [2.05, 4.69) is 5.43 Å². The quantitative estimate of drug-likeness (QED) is 0.672. The van der Waals surface area contributed by atoms with Crippen molar-refractivity contribution in [2.24, 2.45) is 0 Å². The lowest BCUT2D eigenvalue weighted by Gasteiger charge is -2.33. The topological polar surface area (TPSA) is 72.8 Å². The van der Waals surface area contributed by atoms with Crippen molar-refractivity contribution in [2.75, 3.05) is 0 Å². The highest BCUT2D eigenvalue weighted by Gasteiger charge is 2.52. The van der Waals surface area contributed by atoms with Crippen LogP contribution in [0.5, 0.6) is 0 Å². The first-order chi connectivity index (χ1) is 8.97. The maximum Gasteiger partial charge on any atom is 0.268 e. The summed E-state index contributed by atoms with van der Waals surface area (Å²) in [5.41, 5.74) is 5.66. The molecule has 2 aliphatic rings. The number of hydrogen-bond acceptors (Lipinski definition) is 4. The number of aryl methyl sites for hydroxylation is 2. The molecule has 5 nitrogen and oxygen atoms in total. The standard InChI is InChI=1S/C14H18N2O3/c1-7-3-8(2)5-9(4-7)14(19)16-11-6-10(15-16)12(17)13(11)18/h3-5,10-13,15,17-18H,6H2,1-2H3/t10-,11+,12+,13-/m1/s1. The Labute approximate surface area is 111 Å². The molecule has 19 heavy (non-hydrogen) atoms. The van der Waals surface area contributed by atoms with Crippen LogP contribution in [0.2, 0.25) is 0 Å². The van der Waals surface area contributed by atoms with Gasteiger partial charge in [0.2, 0.25) is 0 Å². The fourth-order valence-electron chi connectivity index (χ4n) is 3.11. The number of rotatable bonds is 1. The van der Waals surface area contributed by atoms with Gasteiger partial charge in [-0.3, -0.25) is 9.80 Å². The summed E-state index contributed by atoms with van der Waals surface area (Å²) in [6.45, 7) is 3.90. The highest BCUT2D eigenvalue weighted by molar-refractivity contribution is 5.94. The van der Waals surface area contributed by atoms with E-state index in [1.165, 1.54) is 5.01 Å². The van der Waals surface area contributed by atoms with Crippen LogP contribution in [0.15, 0.2) is 18.2 Å². The predicted molar refractivity (Wildman–Crippen MR) is 69.4 cm³/mol. The van der Waals surface area contributed by atoms with E-state index in [0.717, 1.165) is 11.1 Å². The highest BCUT2D eigenvalue weighted by atomic mass is 16.3. The van der Waals surface area contributed by atoms with Crippen LogP contribution in [-0.2, 0) is 0 Å². The van der Waals surface area contributed by atoms with Crippen molar-refractivity contribution in [2.45, 2.75) is 44.6 Å². The number of amides is 1. The van der Waals surface area contributed by atoms with Gasteiger partial charge >= 0.3 is 0 Å². The average molecular weight is 262 g/mol. The fourth-order valence-corrected chi connectivity index (χ4v) is 3.11. The molecule has 1 aliphatic carbocycles. The Morgan fingerprint density at radius 2 is 1.84 bits per heavy atom. The van der Waals surface area contributed by atoms with Gasteiger partial charge in [0.05, 0.1) is 18.2 Å². The van der Waals surface area contributed by atoms with Crippen LogP contribution in [0.3, 0.4) is 0 Å². The Bertz CT molecular complexity index is 509. The van der Waals surface area contributed by atoms with Crippen molar-refractivity contribution >= 4 is 5.91 Å². The molecule has 5 heteroatoms. The molecule has 1 saturated carbocycles. The minimum atomic E-state index is -0.860. The molecular formula is C14H18N2O3. The number of hydrogen-bond donors (Lipinski definition) is 3. The molecule has 4 atom stereocenters. The number of benzene rings is 1. The van der Waals surface area contributed by atoms with Crippen LogP contribution in [0.4, 0.5) is 0 Å². The fraction of sp³-hybridized carbons (Fsp3) is 0.500. The zero-order chi connectivity index (χ0) is 13.7. The van der Waals surface area contributed by atoms with Gasteiger partial charge in [-0.15, -0.1) is 0 Å². The maximum atomic E-state index is 12.5. The molecule has 102 valence electrons. The third-order valence-corrected chi connectivity index (χ3v) is 3.98. The van der Waals surface area contributed by atoms with Gasteiger partial charge in [0.15, 0.2) is 0 Å². The first-order valence-electron chi connectivity index (χ1n) is 6.51. The van der Waals surface area contributed by atoms with E-state index in [-0.39, 0.29) is 18.0 Å². The number of carbonyl (C=O) groups excluding carboxylic acids is 1. The summed E-state index contributed by atoms with van der Waals surface area (Å²) in [5, 5.41) is 21.0. The Kier molecular flexibility index (Phi) is 2.85. The molecule has 0 radical (unpaired) electrons. The predicted octanol–water partition coefficient (Wildman–Crippen LogP) is 0.127. The van der Waals surface area contributed by atoms with Crippen LogP contribution >= 0.6 is 0 Å². The minimum Gasteiger partial charge on any atom is -0.389 e. The Morgan fingerprint density at radius 3 is 2.37 bits per heavy atom.